The Balaban J connectivity index is 1.75. The topological polar surface area (TPSA) is 126 Å². The Morgan fingerprint density at radius 1 is 1.35 bits per heavy atom. The number of nitrogens with zero attached hydrogens (tertiary/aromatic N) is 4. The van der Waals surface area contributed by atoms with Crippen LogP contribution in [0.5, 0.6) is 11.6 Å². The van der Waals surface area contributed by atoms with Crippen molar-refractivity contribution in [2.75, 3.05) is 19.0 Å². The number of carbonyl (C=O) groups excluding carboxylic acids is 2. The normalized spacial score (nSPS) is 12.7. The van der Waals surface area contributed by atoms with Crippen LogP contribution in [-0.4, -0.2) is 44.9 Å². The minimum absolute atomic E-state index is 0.299. The lowest BCUT2D eigenvalue weighted by atomic mass is 10.1. The molecule has 2 amide bonds. The van der Waals surface area contributed by atoms with Crippen LogP contribution in [0.1, 0.15) is 20.8 Å². The van der Waals surface area contributed by atoms with Gasteiger partial charge in [0.2, 0.25) is 17.7 Å². The number of ether oxygens (including phenoxy) is 2. The Morgan fingerprint density at radius 2 is 2.15 bits per heavy atom. The lowest BCUT2D eigenvalue weighted by molar-refractivity contribution is 0.0996. The molecule has 10 nitrogen and oxygen atoms in total. The number of anilines is 1. The fourth-order valence-corrected chi connectivity index (χ4v) is 2.96. The van der Waals surface area contributed by atoms with Gasteiger partial charge in [0.1, 0.15) is 23.6 Å². The number of methoxy groups -OCH3 is 1. The minimum atomic E-state index is -0.570. The first-order valence-corrected chi connectivity index (χ1v) is 7.84. The second-order valence-electron chi connectivity index (χ2n) is 5.79. The fourth-order valence-electron chi connectivity index (χ4n) is 2.96. The molecular formula is C16H16N6O4. The van der Waals surface area contributed by atoms with E-state index in [9.17, 15) is 9.59 Å². The molecule has 3 heterocycles. The Morgan fingerprint density at radius 3 is 2.85 bits per heavy atom. The van der Waals surface area contributed by atoms with E-state index in [-0.39, 0.29) is 5.91 Å². The van der Waals surface area contributed by atoms with Gasteiger partial charge in [-0.1, -0.05) is 0 Å². The van der Waals surface area contributed by atoms with Gasteiger partial charge in [-0.15, -0.1) is 5.10 Å². The molecule has 0 radical (unpaired) electrons. The van der Waals surface area contributed by atoms with Crippen LogP contribution in [0.2, 0.25) is 0 Å². The van der Waals surface area contributed by atoms with E-state index in [1.165, 1.54) is 17.9 Å². The van der Waals surface area contributed by atoms with Crippen LogP contribution in [0, 0.1) is 0 Å². The quantitative estimate of drug-likeness (QED) is 0.702. The standard InChI is InChI=1S/C16H16N6O4/c1-21-10(7-12(20-21)25-2)15(24)19-16-18-9-5-8(14(17)23)6-11-13(9)22(16)3-4-26-11/h5-7H,3-4H2,1-2H3,(H2,17,23)(H,18,19,24). The number of carbonyl (C=O) groups is 2. The number of nitrogens with one attached hydrogen (secondary N) is 1. The van der Waals surface area contributed by atoms with E-state index in [2.05, 4.69) is 15.4 Å². The van der Waals surface area contributed by atoms with Crippen molar-refractivity contribution in [3.05, 3.63) is 29.5 Å². The fraction of sp³-hybridized carbons (Fsp3) is 0.250. The summed E-state index contributed by atoms with van der Waals surface area (Å²) in [7, 11) is 3.13. The number of primary amides is 1. The third-order valence-electron chi connectivity index (χ3n) is 4.19. The molecule has 4 rings (SSSR count). The molecule has 26 heavy (non-hydrogen) atoms. The van der Waals surface area contributed by atoms with Gasteiger partial charge in [-0.05, 0) is 12.1 Å². The number of amides is 2. The molecule has 0 aliphatic carbocycles. The highest BCUT2D eigenvalue weighted by molar-refractivity contribution is 6.04. The third-order valence-corrected chi connectivity index (χ3v) is 4.19. The number of benzene rings is 1. The maximum atomic E-state index is 12.6. The molecule has 10 heteroatoms. The Hall–Kier alpha value is -3.56. The van der Waals surface area contributed by atoms with Crippen LogP contribution in [0.25, 0.3) is 11.0 Å². The summed E-state index contributed by atoms with van der Waals surface area (Å²) >= 11 is 0. The third kappa shape index (κ3) is 2.42. The van der Waals surface area contributed by atoms with Crippen molar-refractivity contribution in [1.82, 2.24) is 19.3 Å². The van der Waals surface area contributed by atoms with Gasteiger partial charge in [0.25, 0.3) is 5.91 Å². The van der Waals surface area contributed by atoms with Crippen molar-refractivity contribution < 1.29 is 19.1 Å². The number of aryl methyl sites for hydroxylation is 1. The van der Waals surface area contributed by atoms with E-state index in [1.807, 2.05) is 4.57 Å². The van der Waals surface area contributed by atoms with Gasteiger partial charge in [-0.2, -0.15) is 0 Å². The molecule has 3 N–H and O–H groups in total. The Labute approximate surface area is 147 Å². The second-order valence-corrected chi connectivity index (χ2v) is 5.79. The van der Waals surface area contributed by atoms with Gasteiger partial charge in [0, 0.05) is 18.7 Å². The van der Waals surface area contributed by atoms with E-state index in [0.29, 0.717) is 53.0 Å². The van der Waals surface area contributed by atoms with Crippen LogP contribution >= 0.6 is 0 Å². The maximum Gasteiger partial charge on any atom is 0.276 e. The lowest BCUT2D eigenvalue weighted by Crippen LogP contribution is -2.21. The van der Waals surface area contributed by atoms with Crippen molar-refractivity contribution in [3.63, 3.8) is 0 Å². The van der Waals surface area contributed by atoms with Crippen molar-refractivity contribution in [2.45, 2.75) is 6.54 Å². The zero-order chi connectivity index (χ0) is 18.4. The molecule has 0 saturated carbocycles. The number of hydrogen-bond donors (Lipinski definition) is 2. The molecule has 134 valence electrons. The minimum Gasteiger partial charge on any atom is -0.489 e. The van der Waals surface area contributed by atoms with Gasteiger partial charge in [0.05, 0.1) is 19.2 Å². The number of rotatable bonds is 4. The monoisotopic (exact) mass is 356 g/mol. The number of imidazole rings is 1. The van der Waals surface area contributed by atoms with Crippen molar-refractivity contribution >= 4 is 28.8 Å². The van der Waals surface area contributed by atoms with Crippen LogP contribution < -0.4 is 20.5 Å². The van der Waals surface area contributed by atoms with Crippen LogP contribution in [0.3, 0.4) is 0 Å². The first-order valence-electron chi connectivity index (χ1n) is 7.84. The van der Waals surface area contributed by atoms with Crippen molar-refractivity contribution in [3.8, 4) is 11.6 Å². The molecule has 0 spiro atoms. The van der Waals surface area contributed by atoms with Crippen LogP contribution in [-0.2, 0) is 13.6 Å². The molecular weight excluding hydrogens is 340 g/mol. The van der Waals surface area contributed by atoms with Crippen LogP contribution in [0.4, 0.5) is 5.95 Å². The molecule has 1 aromatic carbocycles. The van der Waals surface area contributed by atoms with E-state index < -0.39 is 5.91 Å². The van der Waals surface area contributed by atoms with E-state index in [1.54, 1.807) is 19.2 Å². The summed E-state index contributed by atoms with van der Waals surface area (Å²) in [5, 5.41) is 6.85. The predicted molar refractivity (Wildman–Crippen MR) is 91.5 cm³/mol. The molecule has 1 aliphatic heterocycles. The van der Waals surface area contributed by atoms with Crippen molar-refractivity contribution in [1.29, 1.82) is 0 Å². The second kappa shape index (κ2) is 5.76. The van der Waals surface area contributed by atoms with Gasteiger partial charge < -0.3 is 19.8 Å². The zero-order valence-corrected chi connectivity index (χ0v) is 14.1. The van der Waals surface area contributed by atoms with Gasteiger partial charge in [-0.25, -0.2) is 4.98 Å². The average molecular weight is 356 g/mol. The molecule has 0 saturated heterocycles. The summed E-state index contributed by atoms with van der Waals surface area (Å²) in [4.78, 5) is 28.5. The lowest BCUT2D eigenvalue weighted by Gasteiger charge is -2.18. The predicted octanol–water partition coefficient (Wildman–Crippen LogP) is 0.522. The summed E-state index contributed by atoms with van der Waals surface area (Å²) in [6.45, 7) is 0.910. The summed E-state index contributed by atoms with van der Waals surface area (Å²) < 4.78 is 13.9. The molecule has 0 bridgehead atoms. The van der Waals surface area contributed by atoms with Gasteiger partial charge in [-0.3, -0.25) is 19.6 Å². The highest BCUT2D eigenvalue weighted by atomic mass is 16.5. The highest BCUT2D eigenvalue weighted by Crippen LogP contribution is 2.33. The molecule has 3 aromatic rings. The molecule has 0 atom stereocenters. The van der Waals surface area contributed by atoms with Gasteiger partial charge >= 0.3 is 0 Å². The number of hydrogen-bond acceptors (Lipinski definition) is 6. The van der Waals surface area contributed by atoms with E-state index in [4.69, 9.17) is 15.2 Å². The summed E-state index contributed by atoms with van der Waals surface area (Å²) in [6.07, 6.45) is 0. The molecule has 1 aliphatic rings. The Bertz CT molecular complexity index is 1050. The first-order chi connectivity index (χ1) is 12.5. The van der Waals surface area contributed by atoms with E-state index in [0.717, 1.165) is 0 Å². The average Bonchev–Trinajstić information content (AvgIpc) is 3.17. The maximum absolute atomic E-state index is 12.6. The SMILES string of the molecule is COc1cc(C(=O)Nc2nc3cc(C(N)=O)cc4c3n2CCO4)n(C)n1. The summed E-state index contributed by atoms with van der Waals surface area (Å²) in [5.41, 5.74) is 7.21. The Kier molecular flexibility index (Phi) is 3.53. The van der Waals surface area contributed by atoms with Gasteiger partial charge in [0.15, 0.2) is 0 Å². The van der Waals surface area contributed by atoms with Crippen molar-refractivity contribution in [2.24, 2.45) is 12.8 Å². The number of aromatic nitrogens is 4. The van der Waals surface area contributed by atoms with E-state index >= 15 is 0 Å². The molecule has 0 unspecified atom stereocenters. The number of nitrogens with two attached hydrogens (primary N) is 1. The molecule has 2 aromatic heterocycles. The summed E-state index contributed by atoms with van der Waals surface area (Å²) in [6, 6.07) is 4.70. The largest absolute Gasteiger partial charge is 0.489 e. The molecule has 0 fully saturated rings. The first kappa shape index (κ1) is 15.9. The highest BCUT2D eigenvalue weighted by Gasteiger charge is 2.23. The smallest absolute Gasteiger partial charge is 0.276 e. The summed E-state index contributed by atoms with van der Waals surface area (Å²) in [5.74, 6) is 0.264. The zero-order valence-electron chi connectivity index (χ0n) is 14.1. The van der Waals surface area contributed by atoms with Crippen LogP contribution in [0.15, 0.2) is 18.2 Å².